The molecule has 2 atom stereocenters. The van der Waals surface area contributed by atoms with Crippen LogP contribution in [0.4, 0.5) is 0 Å². The topological polar surface area (TPSA) is 55.8 Å². The molecule has 6 heteroatoms. The molecule has 2 fully saturated rings. The van der Waals surface area contributed by atoms with E-state index >= 15 is 0 Å². The van der Waals surface area contributed by atoms with Crippen molar-refractivity contribution in [3.05, 3.63) is 29.8 Å². The average molecular weight is 287 g/mol. The van der Waals surface area contributed by atoms with Crippen LogP contribution in [0.25, 0.3) is 0 Å². The molecule has 5 nitrogen and oxygen atoms in total. The number of hydrogen-bond donors (Lipinski definition) is 0. The van der Waals surface area contributed by atoms with Crippen molar-refractivity contribution in [3.8, 4) is 0 Å². The summed E-state index contributed by atoms with van der Waals surface area (Å²) < 4.78 is 10.8. The number of piperidine rings is 1. The highest BCUT2D eigenvalue weighted by Crippen LogP contribution is 2.25. The largest absolute Gasteiger partial charge is 0.636 e. The first kappa shape index (κ1) is 14.1. The van der Waals surface area contributed by atoms with Crippen LogP contribution in [0.5, 0.6) is 0 Å². The zero-order chi connectivity index (χ0) is 15.0. The lowest BCUT2D eigenvalue weighted by atomic mass is 9.77. The lowest BCUT2D eigenvalue weighted by molar-refractivity contribution is -0.156. The molecule has 0 spiro atoms. The van der Waals surface area contributed by atoms with Crippen molar-refractivity contribution in [2.24, 2.45) is 0 Å². The Labute approximate surface area is 124 Å². The molecule has 0 N–H and O–H groups in total. The Kier molecular flexibility index (Phi) is 3.72. The summed E-state index contributed by atoms with van der Waals surface area (Å²) >= 11 is 0. The summed E-state index contributed by atoms with van der Waals surface area (Å²) in [4.78, 5) is 26.4. The van der Waals surface area contributed by atoms with Crippen LogP contribution in [-0.2, 0) is 18.9 Å². The van der Waals surface area contributed by atoms with E-state index in [1.54, 1.807) is 11.9 Å². The lowest BCUT2D eigenvalue weighted by Crippen LogP contribution is -2.58. The molecule has 0 aliphatic carbocycles. The third-order valence-electron chi connectivity index (χ3n) is 4.28. The predicted octanol–water partition coefficient (Wildman–Crippen LogP) is 0.643. The standard InChI is InChI=1S/C15H18BNO4/c1-10-6-8-11(9-7-10)16-20-14(18)12-4-3-5-13(17(12)2)15(19)21-16/h6-9,12-13H,3-5H2,1-2H3. The Hall–Kier alpha value is -1.82. The smallest absolute Gasteiger partial charge is 0.494 e. The summed E-state index contributed by atoms with van der Waals surface area (Å²) in [6.45, 7) is 1.97. The maximum atomic E-state index is 12.3. The van der Waals surface area contributed by atoms with Crippen molar-refractivity contribution in [1.29, 1.82) is 0 Å². The van der Waals surface area contributed by atoms with E-state index in [0.717, 1.165) is 24.8 Å². The molecule has 2 aliphatic rings. The summed E-state index contributed by atoms with van der Waals surface area (Å²) in [6.07, 6.45) is 2.28. The molecule has 3 rings (SSSR count). The van der Waals surface area contributed by atoms with E-state index in [0.29, 0.717) is 5.46 Å². The molecule has 21 heavy (non-hydrogen) atoms. The van der Waals surface area contributed by atoms with Crippen molar-refractivity contribution in [1.82, 2.24) is 4.90 Å². The Morgan fingerprint density at radius 1 is 1.05 bits per heavy atom. The molecule has 0 saturated carbocycles. The first-order valence-electron chi connectivity index (χ1n) is 7.26. The first-order chi connectivity index (χ1) is 10.1. The Bertz CT molecular complexity index is 533. The third kappa shape index (κ3) is 2.68. The molecule has 0 radical (unpaired) electrons. The van der Waals surface area contributed by atoms with Crippen LogP contribution in [0, 0.1) is 6.92 Å². The average Bonchev–Trinajstić information content (AvgIpc) is 2.47. The number of aryl methyl sites for hydroxylation is 1. The third-order valence-corrected chi connectivity index (χ3v) is 4.28. The minimum absolute atomic E-state index is 0.319. The van der Waals surface area contributed by atoms with E-state index in [9.17, 15) is 9.59 Å². The van der Waals surface area contributed by atoms with Gasteiger partial charge < -0.3 is 9.31 Å². The summed E-state index contributed by atoms with van der Waals surface area (Å²) in [5.41, 5.74) is 1.78. The molecule has 2 unspecified atom stereocenters. The number of benzene rings is 1. The minimum Gasteiger partial charge on any atom is -0.494 e. The fourth-order valence-electron chi connectivity index (χ4n) is 2.95. The van der Waals surface area contributed by atoms with E-state index in [-0.39, 0.29) is 24.0 Å². The van der Waals surface area contributed by atoms with Gasteiger partial charge in [-0.2, -0.15) is 0 Å². The van der Waals surface area contributed by atoms with Crippen molar-refractivity contribution in [2.75, 3.05) is 7.05 Å². The molecule has 2 heterocycles. The second-order valence-electron chi connectivity index (χ2n) is 5.74. The predicted molar refractivity (Wildman–Crippen MR) is 77.9 cm³/mol. The number of carbonyl (C=O) groups excluding carboxylic acids is 2. The molecular weight excluding hydrogens is 269 g/mol. The molecule has 0 amide bonds. The summed E-state index contributed by atoms with van der Waals surface area (Å²) in [5, 5.41) is 0. The van der Waals surface area contributed by atoms with Gasteiger partial charge >= 0.3 is 19.1 Å². The zero-order valence-corrected chi connectivity index (χ0v) is 12.2. The number of carbonyl (C=O) groups is 2. The highest BCUT2D eigenvalue weighted by atomic mass is 16.6. The van der Waals surface area contributed by atoms with E-state index < -0.39 is 7.12 Å². The van der Waals surface area contributed by atoms with Gasteiger partial charge in [-0.25, -0.2) is 0 Å². The van der Waals surface area contributed by atoms with Gasteiger partial charge in [-0.15, -0.1) is 0 Å². The number of fused-ring (bicyclic) bond motifs is 2. The maximum Gasteiger partial charge on any atom is 0.636 e. The Morgan fingerprint density at radius 3 is 2.10 bits per heavy atom. The monoisotopic (exact) mass is 287 g/mol. The minimum atomic E-state index is -0.942. The van der Waals surface area contributed by atoms with Crippen molar-refractivity contribution in [2.45, 2.75) is 38.3 Å². The van der Waals surface area contributed by atoms with Crippen LogP contribution in [0.15, 0.2) is 24.3 Å². The lowest BCUT2D eigenvalue weighted by Gasteiger charge is -2.39. The Morgan fingerprint density at radius 2 is 1.57 bits per heavy atom. The van der Waals surface area contributed by atoms with Gasteiger partial charge in [0.2, 0.25) is 0 Å². The fourth-order valence-corrected chi connectivity index (χ4v) is 2.95. The van der Waals surface area contributed by atoms with Crippen LogP contribution in [0.1, 0.15) is 24.8 Å². The summed E-state index contributed by atoms with van der Waals surface area (Å²) in [5.74, 6) is -0.638. The number of hydrogen-bond acceptors (Lipinski definition) is 5. The second-order valence-corrected chi connectivity index (χ2v) is 5.74. The van der Waals surface area contributed by atoms with Crippen LogP contribution >= 0.6 is 0 Å². The van der Waals surface area contributed by atoms with E-state index in [1.165, 1.54) is 0 Å². The van der Waals surface area contributed by atoms with Crippen LogP contribution in [0.2, 0.25) is 0 Å². The van der Waals surface area contributed by atoms with Crippen molar-refractivity contribution < 1.29 is 18.9 Å². The van der Waals surface area contributed by atoms with E-state index in [4.69, 9.17) is 9.31 Å². The van der Waals surface area contributed by atoms with E-state index in [2.05, 4.69) is 0 Å². The first-order valence-corrected chi connectivity index (χ1v) is 7.26. The number of nitrogens with zero attached hydrogens (tertiary/aromatic N) is 1. The molecule has 0 aromatic heterocycles. The van der Waals surface area contributed by atoms with Gasteiger partial charge in [0.05, 0.1) is 0 Å². The van der Waals surface area contributed by atoms with Gasteiger partial charge in [0.1, 0.15) is 12.1 Å². The molecule has 1 aromatic rings. The molecule has 1 aromatic carbocycles. The maximum absolute atomic E-state index is 12.3. The normalized spacial score (nSPS) is 26.7. The second kappa shape index (κ2) is 5.52. The van der Waals surface area contributed by atoms with Crippen molar-refractivity contribution in [3.63, 3.8) is 0 Å². The van der Waals surface area contributed by atoms with Crippen LogP contribution in [-0.4, -0.2) is 43.1 Å². The quantitative estimate of drug-likeness (QED) is 0.710. The highest BCUT2D eigenvalue weighted by Gasteiger charge is 2.44. The van der Waals surface area contributed by atoms with Gasteiger partial charge in [0.15, 0.2) is 0 Å². The molecule has 2 saturated heterocycles. The SMILES string of the molecule is Cc1ccc(B2OC(=O)C3CCCC(C(=O)O2)N3C)cc1. The van der Waals surface area contributed by atoms with Crippen LogP contribution < -0.4 is 5.46 Å². The van der Waals surface area contributed by atoms with Crippen molar-refractivity contribution >= 4 is 24.5 Å². The molecule has 110 valence electrons. The highest BCUT2D eigenvalue weighted by molar-refractivity contribution is 6.64. The van der Waals surface area contributed by atoms with Gasteiger partial charge in [-0.1, -0.05) is 29.8 Å². The Balaban J connectivity index is 1.89. The fraction of sp³-hybridized carbons (Fsp3) is 0.467. The number of rotatable bonds is 1. The van der Waals surface area contributed by atoms with Crippen LogP contribution in [0.3, 0.4) is 0 Å². The van der Waals surface area contributed by atoms with E-state index in [1.807, 2.05) is 31.2 Å². The summed E-state index contributed by atoms with van der Waals surface area (Å²) in [7, 11) is 0.839. The van der Waals surface area contributed by atoms with Gasteiger partial charge in [0.25, 0.3) is 0 Å². The molecular formula is C15H18BNO4. The van der Waals surface area contributed by atoms with Gasteiger partial charge in [0, 0.05) is 5.46 Å². The summed E-state index contributed by atoms with van der Waals surface area (Å²) in [6, 6.07) is 6.74. The van der Waals surface area contributed by atoms with Gasteiger partial charge in [-0.05, 0) is 33.2 Å². The molecule has 2 aliphatic heterocycles. The van der Waals surface area contributed by atoms with Gasteiger partial charge in [-0.3, -0.25) is 14.5 Å². The molecule has 2 bridgehead atoms. The zero-order valence-electron chi connectivity index (χ0n) is 12.2. The number of likely N-dealkylation sites (N-methyl/N-ethyl adjacent to an activating group) is 1.